The highest BCUT2D eigenvalue weighted by Gasteiger charge is 2.40. The smallest absolute Gasteiger partial charge is 0.364 e. The molecule has 2 heterocycles. The molecule has 33 heavy (non-hydrogen) atoms. The molecule has 3 aromatic carbocycles. The fourth-order valence-corrected chi connectivity index (χ4v) is 4.44. The Hall–Kier alpha value is -3.35. The van der Waals surface area contributed by atoms with Crippen LogP contribution in [0.5, 0.6) is 5.75 Å². The molecule has 0 saturated carbocycles. The van der Waals surface area contributed by atoms with E-state index in [2.05, 4.69) is 53.1 Å². The molecule has 1 N–H and O–H groups in total. The number of ether oxygens (including phenoxy) is 3. The van der Waals surface area contributed by atoms with E-state index in [-0.39, 0.29) is 5.92 Å². The van der Waals surface area contributed by atoms with E-state index < -0.39 is 11.8 Å². The number of carbonyl (C=O) groups is 1. The van der Waals surface area contributed by atoms with Gasteiger partial charge in [0.1, 0.15) is 12.4 Å². The summed E-state index contributed by atoms with van der Waals surface area (Å²) in [5.74, 6) is -1.68. The van der Waals surface area contributed by atoms with Crippen molar-refractivity contribution in [2.45, 2.75) is 25.7 Å². The molecule has 1 fully saturated rings. The maximum atomic E-state index is 11.2. The Kier molecular flexibility index (Phi) is 5.79. The summed E-state index contributed by atoms with van der Waals surface area (Å²) in [6.45, 7) is 3.49. The average Bonchev–Trinajstić information content (AvgIpc) is 3.16. The second-order valence-electron chi connectivity index (χ2n) is 8.62. The fourth-order valence-electron chi connectivity index (χ4n) is 4.44. The number of aromatic nitrogens is 1. The van der Waals surface area contributed by atoms with Crippen molar-refractivity contribution < 1.29 is 24.1 Å². The van der Waals surface area contributed by atoms with Crippen LogP contribution >= 0.6 is 0 Å². The largest absolute Gasteiger partial charge is 0.492 e. The lowest BCUT2D eigenvalue weighted by Crippen LogP contribution is -2.48. The van der Waals surface area contributed by atoms with Gasteiger partial charge in [0.25, 0.3) is 5.79 Å². The van der Waals surface area contributed by atoms with Gasteiger partial charge in [-0.3, -0.25) is 0 Å². The molecule has 0 aliphatic carbocycles. The first-order valence-electron chi connectivity index (χ1n) is 11.2. The van der Waals surface area contributed by atoms with E-state index in [1.807, 2.05) is 24.3 Å². The molecule has 0 bridgehead atoms. The van der Waals surface area contributed by atoms with Gasteiger partial charge >= 0.3 is 5.97 Å². The number of para-hydroxylation sites is 2. The molecule has 4 aromatic rings. The van der Waals surface area contributed by atoms with Crippen molar-refractivity contribution in [1.82, 2.24) is 4.57 Å². The van der Waals surface area contributed by atoms with Crippen molar-refractivity contribution in [3.63, 3.8) is 0 Å². The number of rotatable bonds is 7. The zero-order valence-corrected chi connectivity index (χ0v) is 18.6. The van der Waals surface area contributed by atoms with Crippen molar-refractivity contribution in [1.29, 1.82) is 0 Å². The second-order valence-corrected chi connectivity index (χ2v) is 8.62. The molecule has 1 aromatic heterocycles. The molecule has 0 amide bonds. The zero-order valence-electron chi connectivity index (χ0n) is 18.6. The summed E-state index contributed by atoms with van der Waals surface area (Å²) in [7, 11) is 0. The van der Waals surface area contributed by atoms with Gasteiger partial charge in [-0.15, -0.1) is 0 Å². The number of fused-ring (bicyclic) bond motifs is 3. The summed E-state index contributed by atoms with van der Waals surface area (Å²) in [6, 6.07) is 25.0. The highest BCUT2D eigenvalue weighted by molar-refractivity contribution is 6.07. The van der Waals surface area contributed by atoms with Crippen LogP contribution < -0.4 is 4.74 Å². The summed E-state index contributed by atoms with van der Waals surface area (Å²) >= 11 is 0. The first-order chi connectivity index (χ1) is 16.0. The monoisotopic (exact) mass is 445 g/mol. The number of carboxylic acid groups (broad SMARTS) is 1. The van der Waals surface area contributed by atoms with E-state index in [4.69, 9.17) is 14.2 Å². The van der Waals surface area contributed by atoms with Gasteiger partial charge in [0.2, 0.25) is 0 Å². The third kappa shape index (κ3) is 4.32. The van der Waals surface area contributed by atoms with Crippen molar-refractivity contribution in [3.05, 3.63) is 78.4 Å². The Labute approximate surface area is 192 Å². The van der Waals surface area contributed by atoms with Crippen LogP contribution in [0, 0.1) is 5.92 Å². The van der Waals surface area contributed by atoms with E-state index in [1.165, 1.54) is 28.7 Å². The molecule has 6 nitrogen and oxygen atoms in total. The van der Waals surface area contributed by atoms with Gasteiger partial charge in [0, 0.05) is 34.6 Å². The first-order valence-corrected chi connectivity index (χ1v) is 11.2. The van der Waals surface area contributed by atoms with E-state index in [0.717, 1.165) is 24.3 Å². The minimum absolute atomic E-state index is 0.125. The topological polar surface area (TPSA) is 69.9 Å². The quantitative estimate of drug-likeness (QED) is 0.439. The average molecular weight is 446 g/mol. The van der Waals surface area contributed by atoms with E-state index in [1.54, 1.807) is 0 Å². The number of benzene rings is 3. The SMILES string of the molecule is CC1(C(=O)O)OCC(Cc2ccc(OCCn3c4ccccc4c4ccccc43)cc2)CO1. The van der Waals surface area contributed by atoms with Crippen LogP contribution in [0.4, 0.5) is 0 Å². The normalized spacial score (nSPS) is 20.8. The molecular weight excluding hydrogens is 418 g/mol. The van der Waals surface area contributed by atoms with Crippen LogP contribution in [0.2, 0.25) is 0 Å². The first kappa shape index (κ1) is 21.5. The second kappa shape index (κ2) is 8.89. The number of hydrogen-bond donors (Lipinski definition) is 1. The minimum Gasteiger partial charge on any atom is -0.492 e. The molecule has 0 spiro atoms. The maximum Gasteiger partial charge on any atom is 0.364 e. The van der Waals surface area contributed by atoms with Gasteiger partial charge in [0.15, 0.2) is 0 Å². The molecule has 1 aliphatic heterocycles. The van der Waals surface area contributed by atoms with Crippen LogP contribution in [0.15, 0.2) is 72.8 Å². The van der Waals surface area contributed by atoms with Crippen LogP contribution in [-0.2, 0) is 27.2 Å². The van der Waals surface area contributed by atoms with E-state index >= 15 is 0 Å². The summed E-state index contributed by atoms with van der Waals surface area (Å²) in [5.41, 5.74) is 3.57. The van der Waals surface area contributed by atoms with Gasteiger partial charge in [-0.2, -0.15) is 0 Å². The molecular formula is C27H27NO5. The van der Waals surface area contributed by atoms with Crippen molar-refractivity contribution in [2.24, 2.45) is 5.92 Å². The lowest BCUT2D eigenvalue weighted by molar-refractivity contribution is -0.270. The molecule has 1 aliphatic rings. The molecule has 170 valence electrons. The van der Waals surface area contributed by atoms with Crippen molar-refractivity contribution in [3.8, 4) is 5.75 Å². The molecule has 0 unspecified atom stereocenters. The summed E-state index contributed by atoms with van der Waals surface area (Å²) in [4.78, 5) is 11.2. The predicted molar refractivity (Wildman–Crippen MR) is 127 cm³/mol. The van der Waals surface area contributed by atoms with Gasteiger partial charge in [-0.05, 0) is 36.2 Å². The number of aliphatic carboxylic acids is 1. The summed E-state index contributed by atoms with van der Waals surface area (Å²) in [6.07, 6.45) is 0.761. The van der Waals surface area contributed by atoms with Crippen LogP contribution in [0.3, 0.4) is 0 Å². The minimum atomic E-state index is -1.54. The van der Waals surface area contributed by atoms with Gasteiger partial charge in [0.05, 0.1) is 19.8 Å². The molecule has 0 radical (unpaired) electrons. The maximum absolute atomic E-state index is 11.2. The Morgan fingerprint density at radius 2 is 1.55 bits per heavy atom. The molecule has 1 saturated heterocycles. The zero-order chi connectivity index (χ0) is 22.8. The van der Waals surface area contributed by atoms with E-state index in [9.17, 15) is 9.90 Å². The number of nitrogens with zero attached hydrogens (tertiary/aromatic N) is 1. The Balaban J connectivity index is 1.19. The number of hydrogen-bond acceptors (Lipinski definition) is 4. The Morgan fingerprint density at radius 1 is 0.970 bits per heavy atom. The van der Waals surface area contributed by atoms with Gasteiger partial charge < -0.3 is 23.9 Å². The standard InChI is InChI=1S/C27H27NO5/c1-27(26(29)30)32-17-20(18-33-27)16-19-10-12-21(13-11-19)31-15-14-28-24-8-4-2-6-22(24)23-7-3-5-9-25(23)28/h2-13,20H,14-18H2,1H3,(H,29,30). The summed E-state index contributed by atoms with van der Waals surface area (Å²) in [5, 5.41) is 11.7. The summed E-state index contributed by atoms with van der Waals surface area (Å²) < 4.78 is 19.2. The highest BCUT2D eigenvalue weighted by atomic mass is 16.7. The third-order valence-corrected chi connectivity index (χ3v) is 6.29. The molecule has 0 atom stereocenters. The van der Waals surface area contributed by atoms with Crippen LogP contribution in [0.1, 0.15) is 12.5 Å². The van der Waals surface area contributed by atoms with Crippen LogP contribution in [0.25, 0.3) is 21.8 Å². The Morgan fingerprint density at radius 3 is 2.12 bits per heavy atom. The molecule has 5 rings (SSSR count). The van der Waals surface area contributed by atoms with Crippen molar-refractivity contribution in [2.75, 3.05) is 19.8 Å². The Bertz CT molecular complexity index is 1220. The number of carboxylic acids is 1. The predicted octanol–water partition coefficient (Wildman–Crippen LogP) is 4.88. The molecule has 6 heteroatoms. The lowest BCUT2D eigenvalue weighted by Gasteiger charge is -2.34. The van der Waals surface area contributed by atoms with Gasteiger partial charge in [-0.25, -0.2) is 4.79 Å². The fraction of sp³-hybridized carbons (Fsp3) is 0.296. The van der Waals surface area contributed by atoms with Crippen molar-refractivity contribution >= 4 is 27.8 Å². The van der Waals surface area contributed by atoms with Gasteiger partial charge in [-0.1, -0.05) is 48.5 Å². The lowest BCUT2D eigenvalue weighted by atomic mass is 9.99. The van der Waals surface area contributed by atoms with E-state index in [0.29, 0.717) is 19.8 Å². The third-order valence-electron chi connectivity index (χ3n) is 6.29. The van der Waals surface area contributed by atoms with Crippen LogP contribution in [-0.4, -0.2) is 41.3 Å². The highest BCUT2D eigenvalue weighted by Crippen LogP contribution is 2.29.